The first-order chi connectivity index (χ1) is 3.72. The number of rotatable bonds is 3. The second kappa shape index (κ2) is 3.40. The Morgan fingerprint density at radius 1 is 1.38 bits per heavy atom. The number of hydrogen-bond acceptors (Lipinski definition) is 3. The van der Waals surface area contributed by atoms with Crippen molar-refractivity contribution in [1.82, 2.24) is 0 Å². The third-order valence-corrected chi connectivity index (χ3v) is 0.971. The number of hydrogen-bond donors (Lipinski definition) is 3. The summed E-state index contributed by atoms with van der Waals surface area (Å²) in [5, 5.41) is 0. The van der Waals surface area contributed by atoms with Crippen molar-refractivity contribution in [2.45, 2.75) is 0 Å². The molecule has 4 nitrogen and oxygen atoms in total. The van der Waals surface area contributed by atoms with Crippen molar-refractivity contribution in [3.8, 4) is 0 Å². The van der Waals surface area contributed by atoms with Gasteiger partial charge in [-0.1, -0.05) is 0 Å². The van der Waals surface area contributed by atoms with E-state index in [0.717, 1.165) is 0 Å². The molecule has 0 bridgehead atoms. The predicted molar refractivity (Wildman–Crippen MR) is 30.8 cm³/mol. The molecule has 0 aromatic carbocycles. The lowest BCUT2D eigenvalue weighted by Crippen LogP contribution is -2.35. The van der Waals surface area contributed by atoms with Crippen LogP contribution in [0.1, 0.15) is 0 Å². The Labute approximate surface area is 48.0 Å². The van der Waals surface area contributed by atoms with Crippen molar-refractivity contribution in [2.75, 3.05) is 13.1 Å². The van der Waals surface area contributed by atoms with E-state index in [1.165, 1.54) is 0 Å². The highest BCUT2D eigenvalue weighted by Crippen LogP contribution is 1.84. The molecule has 0 aliphatic rings. The fraction of sp³-hybridized carbons (Fsp3) is 0.750. The van der Waals surface area contributed by atoms with Gasteiger partial charge < -0.3 is 17.2 Å². The van der Waals surface area contributed by atoms with Gasteiger partial charge in [-0.25, -0.2) is 0 Å². The molecule has 0 rings (SSSR count). The minimum absolute atomic E-state index is 0.242. The van der Waals surface area contributed by atoms with Crippen molar-refractivity contribution >= 4 is 5.91 Å². The van der Waals surface area contributed by atoms with Gasteiger partial charge in [0, 0.05) is 13.1 Å². The summed E-state index contributed by atoms with van der Waals surface area (Å²) in [5.74, 6) is -0.773. The Morgan fingerprint density at radius 3 is 1.75 bits per heavy atom. The highest BCUT2D eigenvalue weighted by Gasteiger charge is 2.08. The van der Waals surface area contributed by atoms with E-state index >= 15 is 0 Å². The molecule has 4 heteroatoms. The Bertz CT molecular complexity index is 79.4. The van der Waals surface area contributed by atoms with E-state index in [1.807, 2.05) is 0 Å². The van der Waals surface area contributed by atoms with Gasteiger partial charge in [0.25, 0.3) is 0 Å². The van der Waals surface area contributed by atoms with Crippen molar-refractivity contribution in [2.24, 2.45) is 23.1 Å². The van der Waals surface area contributed by atoms with Gasteiger partial charge in [0.15, 0.2) is 0 Å². The first-order valence-electron chi connectivity index (χ1n) is 2.41. The summed E-state index contributed by atoms with van der Waals surface area (Å²) in [6.07, 6.45) is 0. The molecule has 0 aliphatic carbocycles. The molecule has 0 saturated heterocycles. The summed E-state index contributed by atoms with van der Waals surface area (Å²) in [6, 6.07) is 0. The fourth-order valence-corrected chi connectivity index (χ4v) is 0.329. The minimum Gasteiger partial charge on any atom is -0.369 e. The first kappa shape index (κ1) is 7.39. The molecule has 0 fully saturated rings. The van der Waals surface area contributed by atoms with Crippen LogP contribution in [0.2, 0.25) is 0 Å². The monoisotopic (exact) mass is 117 g/mol. The lowest BCUT2D eigenvalue weighted by molar-refractivity contribution is -0.121. The summed E-state index contributed by atoms with van der Waals surface area (Å²) in [7, 11) is 0. The Balaban J connectivity index is 3.52. The average molecular weight is 117 g/mol. The van der Waals surface area contributed by atoms with Gasteiger partial charge in [-0.05, 0) is 0 Å². The van der Waals surface area contributed by atoms with Gasteiger partial charge in [-0.2, -0.15) is 0 Å². The van der Waals surface area contributed by atoms with Crippen LogP contribution in [0.15, 0.2) is 0 Å². The summed E-state index contributed by atoms with van der Waals surface area (Å²) >= 11 is 0. The number of nitrogens with two attached hydrogens (primary N) is 3. The molecular weight excluding hydrogens is 106 g/mol. The second-order valence-corrected chi connectivity index (χ2v) is 1.57. The van der Waals surface area contributed by atoms with E-state index in [2.05, 4.69) is 0 Å². The van der Waals surface area contributed by atoms with E-state index in [1.54, 1.807) is 0 Å². The molecule has 0 aromatic rings. The van der Waals surface area contributed by atoms with E-state index in [0.29, 0.717) is 0 Å². The van der Waals surface area contributed by atoms with Crippen molar-refractivity contribution in [3.63, 3.8) is 0 Å². The van der Waals surface area contributed by atoms with Crippen LogP contribution >= 0.6 is 0 Å². The molecule has 6 N–H and O–H groups in total. The highest BCUT2D eigenvalue weighted by atomic mass is 16.1. The molecule has 0 spiro atoms. The molecule has 0 unspecified atom stereocenters. The maximum atomic E-state index is 10.2. The molecule has 0 atom stereocenters. The van der Waals surface area contributed by atoms with Gasteiger partial charge in [0.1, 0.15) is 0 Å². The standard InChI is InChI=1S/C4H11N3O/c5-1-3(2-6)4(7)8/h3H,1-2,5-6H2,(H2,7,8). The van der Waals surface area contributed by atoms with Gasteiger partial charge in [-0.3, -0.25) is 4.79 Å². The summed E-state index contributed by atoms with van der Waals surface area (Å²) < 4.78 is 0. The SMILES string of the molecule is NCC(CN)C(N)=O. The van der Waals surface area contributed by atoms with Crippen LogP contribution in [0.3, 0.4) is 0 Å². The fourth-order valence-electron chi connectivity index (χ4n) is 0.329. The highest BCUT2D eigenvalue weighted by molar-refractivity contribution is 5.77. The summed E-state index contributed by atoms with van der Waals surface area (Å²) in [6.45, 7) is 0.484. The minimum atomic E-state index is -0.421. The molecule has 1 amide bonds. The van der Waals surface area contributed by atoms with E-state index in [-0.39, 0.29) is 19.0 Å². The van der Waals surface area contributed by atoms with Crippen molar-refractivity contribution in [1.29, 1.82) is 0 Å². The van der Waals surface area contributed by atoms with Crippen LogP contribution in [0.25, 0.3) is 0 Å². The smallest absolute Gasteiger partial charge is 0.223 e. The lowest BCUT2D eigenvalue weighted by atomic mass is 10.1. The molecule has 0 saturated carbocycles. The molecule has 48 valence electrons. The lowest BCUT2D eigenvalue weighted by Gasteiger charge is -2.04. The number of carbonyl (C=O) groups is 1. The van der Waals surface area contributed by atoms with Crippen molar-refractivity contribution < 1.29 is 4.79 Å². The quantitative estimate of drug-likeness (QED) is 0.399. The molecule has 0 aliphatic heterocycles. The van der Waals surface area contributed by atoms with E-state index < -0.39 is 5.91 Å². The zero-order chi connectivity index (χ0) is 6.57. The number of carbonyl (C=O) groups excluding carboxylic acids is 1. The number of amides is 1. The Hall–Kier alpha value is -0.610. The van der Waals surface area contributed by atoms with Crippen LogP contribution in [0, 0.1) is 5.92 Å². The van der Waals surface area contributed by atoms with Crippen LogP contribution in [0.4, 0.5) is 0 Å². The zero-order valence-electron chi connectivity index (χ0n) is 4.63. The maximum absolute atomic E-state index is 10.2. The molecule has 0 heterocycles. The topological polar surface area (TPSA) is 95.1 Å². The Kier molecular flexibility index (Phi) is 3.14. The van der Waals surface area contributed by atoms with Crippen LogP contribution in [-0.4, -0.2) is 19.0 Å². The third kappa shape index (κ3) is 1.90. The third-order valence-electron chi connectivity index (χ3n) is 0.971. The van der Waals surface area contributed by atoms with Crippen molar-refractivity contribution in [3.05, 3.63) is 0 Å². The summed E-state index contributed by atoms with van der Waals surface area (Å²) in [4.78, 5) is 10.2. The predicted octanol–water partition coefficient (Wildman–Crippen LogP) is -1.99. The molecule has 8 heavy (non-hydrogen) atoms. The molecule has 0 radical (unpaired) electrons. The second-order valence-electron chi connectivity index (χ2n) is 1.57. The van der Waals surface area contributed by atoms with Crippen LogP contribution in [-0.2, 0) is 4.79 Å². The zero-order valence-corrected chi connectivity index (χ0v) is 4.63. The summed E-state index contributed by atoms with van der Waals surface area (Å²) in [5.41, 5.74) is 15.1. The Morgan fingerprint density at radius 2 is 1.75 bits per heavy atom. The van der Waals surface area contributed by atoms with Gasteiger partial charge in [0.05, 0.1) is 5.92 Å². The van der Waals surface area contributed by atoms with Crippen LogP contribution in [0.5, 0.6) is 0 Å². The first-order valence-corrected chi connectivity index (χ1v) is 2.41. The average Bonchev–Trinajstić information content (AvgIpc) is 1.69. The normalized spacial score (nSPS) is 9.88. The van der Waals surface area contributed by atoms with Gasteiger partial charge in [0.2, 0.25) is 5.91 Å². The molecule has 0 aromatic heterocycles. The number of primary amides is 1. The largest absolute Gasteiger partial charge is 0.369 e. The van der Waals surface area contributed by atoms with E-state index in [9.17, 15) is 4.79 Å². The van der Waals surface area contributed by atoms with Gasteiger partial charge >= 0.3 is 0 Å². The van der Waals surface area contributed by atoms with Gasteiger partial charge in [-0.15, -0.1) is 0 Å². The molecular formula is C4H11N3O. The van der Waals surface area contributed by atoms with Crippen LogP contribution < -0.4 is 17.2 Å². The van der Waals surface area contributed by atoms with E-state index in [4.69, 9.17) is 17.2 Å². The maximum Gasteiger partial charge on any atom is 0.223 e.